The molecule has 2 rings (SSSR count). The van der Waals surface area contributed by atoms with Crippen molar-refractivity contribution in [3.05, 3.63) is 33.9 Å². The Morgan fingerprint density at radius 1 is 1.29 bits per heavy atom. The Morgan fingerprint density at radius 2 is 2.00 bits per heavy atom. The minimum Gasteiger partial charge on any atom is -0.464 e. The number of anilines is 1. The van der Waals surface area contributed by atoms with Gasteiger partial charge in [-0.2, -0.15) is 9.97 Å². The van der Waals surface area contributed by atoms with Crippen LogP contribution in [0.5, 0.6) is 17.8 Å². The number of aromatic nitrogens is 3. The van der Waals surface area contributed by atoms with Crippen LogP contribution in [0.15, 0.2) is 18.2 Å². The predicted molar refractivity (Wildman–Crippen MR) is 73.3 cm³/mol. The van der Waals surface area contributed by atoms with Crippen LogP contribution < -0.4 is 15.2 Å². The van der Waals surface area contributed by atoms with E-state index >= 15 is 0 Å². The zero-order valence-corrected chi connectivity index (χ0v) is 11.4. The molecule has 0 fully saturated rings. The van der Waals surface area contributed by atoms with Gasteiger partial charge in [0.25, 0.3) is 5.69 Å². The summed E-state index contributed by atoms with van der Waals surface area (Å²) in [6, 6.07) is 4.32. The number of nitrogen functional groups attached to an aromatic ring is 1. The van der Waals surface area contributed by atoms with Crippen molar-refractivity contribution in [1.82, 2.24) is 15.0 Å². The quantitative estimate of drug-likeness (QED) is 0.653. The average molecular weight is 291 g/mol. The van der Waals surface area contributed by atoms with Crippen molar-refractivity contribution in [3.63, 3.8) is 0 Å². The maximum absolute atomic E-state index is 10.8. The van der Waals surface area contributed by atoms with Crippen molar-refractivity contribution in [2.45, 2.75) is 13.8 Å². The molecule has 9 heteroatoms. The van der Waals surface area contributed by atoms with E-state index in [1.54, 1.807) is 13.8 Å². The van der Waals surface area contributed by atoms with Gasteiger partial charge >= 0.3 is 12.0 Å². The molecule has 2 aromatic rings. The van der Waals surface area contributed by atoms with E-state index in [0.29, 0.717) is 17.9 Å². The minimum atomic E-state index is -0.465. The van der Waals surface area contributed by atoms with E-state index in [1.165, 1.54) is 18.2 Å². The van der Waals surface area contributed by atoms with E-state index in [2.05, 4.69) is 15.0 Å². The van der Waals surface area contributed by atoms with Crippen molar-refractivity contribution in [3.8, 4) is 17.8 Å². The number of nitro groups is 1. The Balaban J connectivity index is 2.25. The summed E-state index contributed by atoms with van der Waals surface area (Å²) in [4.78, 5) is 21.8. The van der Waals surface area contributed by atoms with E-state index < -0.39 is 4.92 Å². The van der Waals surface area contributed by atoms with Gasteiger partial charge in [0, 0.05) is 11.6 Å². The summed E-state index contributed by atoms with van der Waals surface area (Å²) in [5, 5.41) is 10.8. The van der Waals surface area contributed by atoms with Crippen LogP contribution in [0.4, 0.5) is 11.6 Å². The first-order valence-corrected chi connectivity index (χ1v) is 6.07. The van der Waals surface area contributed by atoms with Gasteiger partial charge in [0.05, 0.1) is 11.5 Å². The second kappa shape index (κ2) is 5.99. The van der Waals surface area contributed by atoms with Gasteiger partial charge in [-0.1, -0.05) is 0 Å². The lowest BCUT2D eigenvalue weighted by atomic mass is 10.2. The highest BCUT2D eigenvalue weighted by atomic mass is 16.6. The number of nitrogens with zero attached hydrogens (tertiary/aromatic N) is 4. The molecule has 0 amide bonds. The highest BCUT2D eigenvalue weighted by molar-refractivity contribution is 5.45. The third-order valence-electron chi connectivity index (χ3n) is 2.46. The SMILES string of the molecule is CCOc1nc(N)nc(Oc2ccc([N+](=O)[O-])c(C)c2)n1. The van der Waals surface area contributed by atoms with Gasteiger partial charge in [-0.05, 0) is 26.0 Å². The van der Waals surface area contributed by atoms with E-state index in [-0.39, 0.29) is 23.7 Å². The maximum Gasteiger partial charge on any atom is 0.330 e. The van der Waals surface area contributed by atoms with Gasteiger partial charge in [-0.3, -0.25) is 10.1 Å². The number of rotatable bonds is 5. The lowest BCUT2D eigenvalue weighted by Gasteiger charge is -2.07. The molecule has 0 radical (unpaired) electrons. The lowest BCUT2D eigenvalue weighted by Crippen LogP contribution is -2.05. The summed E-state index contributed by atoms with van der Waals surface area (Å²) in [6.45, 7) is 3.76. The van der Waals surface area contributed by atoms with E-state index in [9.17, 15) is 10.1 Å². The third kappa shape index (κ3) is 3.53. The summed E-state index contributed by atoms with van der Waals surface area (Å²) in [6.07, 6.45) is 0. The van der Waals surface area contributed by atoms with Gasteiger partial charge in [-0.25, -0.2) is 0 Å². The van der Waals surface area contributed by atoms with Crippen LogP contribution in [0, 0.1) is 17.0 Å². The van der Waals surface area contributed by atoms with Crippen LogP contribution in [0.25, 0.3) is 0 Å². The van der Waals surface area contributed by atoms with Gasteiger partial charge in [0.1, 0.15) is 5.75 Å². The molecule has 110 valence electrons. The smallest absolute Gasteiger partial charge is 0.330 e. The first kappa shape index (κ1) is 14.4. The summed E-state index contributed by atoms with van der Waals surface area (Å²) >= 11 is 0. The van der Waals surface area contributed by atoms with Gasteiger partial charge in [0.2, 0.25) is 5.95 Å². The fourth-order valence-corrected chi connectivity index (χ4v) is 1.59. The molecular weight excluding hydrogens is 278 g/mol. The number of hydrogen-bond acceptors (Lipinski definition) is 8. The normalized spacial score (nSPS) is 10.2. The Morgan fingerprint density at radius 3 is 2.62 bits per heavy atom. The van der Waals surface area contributed by atoms with Crippen molar-refractivity contribution in [2.24, 2.45) is 0 Å². The molecule has 0 aliphatic heterocycles. The lowest BCUT2D eigenvalue weighted by molar-refractivity contribution is -0.385. The van der Waals surface area contributed by atoms with E-state index in [4.69, 9.17) is 15.2 Å². The molecule has 0 saturated carbocycles. The van der Waals surface area contributed by atoms with Crippen LogP contribution in [0.3, 0.4) is 0 Å². The van der Waals surface area contributed by atoms with Gasteiger partial charge < -0.3 is 15.2 Å². The maximum atomic E-state index is 10.8. The second-order valence-corrected chi connectivity index (χ2v) is 4.00. The van der Waals surface area contributed by atoms with Crippen molar-refractivity contribution >= 4 is 11.6 Å². The zero-order chi connectivity index (χ0) is 15.4. The summed E-state index contributed by atoms with van der Waals surface area (Å²) < 4.78 is 10.5. The fourth-order valence-electron chi connectivity index (χ4n) is 1.59. The number of nitro benzene ring substituents is 1. The van der Waals surface area contributed by atoms with Crippen molar-refractivity contribution in [1.29, 1.82) is 0 Å². The molecule has 0 atom stereocenters. The highest BCUT2D eigenvalue weighted by Crippen LogP contribution is 2.26. The molecule has 0 spiro atoms. The monoisotopic (exact) mass is 291 g/mol. The first-order chi connectivity index (χ1) is 9.99. The molecule has 1 heterocycles. The Labute approximate surface area is 119 Å². The molecule has 0 bridgehead atoms. The van der Waals surface area contributed by atoms with Gasteiger partial charge in [-0.15, -0.1) is 4.98 Å². The first-order valence-electron chi connectivity index (χ1n) is 6.07. The third-order valence-corrected chi connectivity index (χ3v) is 2.46. The van der Waals surface area contributed by atoms with E-state index in [0.717, 1.165) is 0 Å². The fraction of sp³-hybridized carbons (Fsp3) is 0.250. The van der Waals surface area contributed by atoms with Crippen LogP contribution in [-0.2, 0) is 0 Å². The van der Waals surface area contributed by atoms with E-state index in [1.807, 2.05) is 0 Å². The largest absolute Gasteiger partial charge is 0.464 e. The van der Waals surface area contributed by atoms with Crippen LogP contribution >= 0.6 is 0 Å². The molecule has 0 aliphatic carbocycles. The number of benzene rings is 1. The second-order valence-electron chi connectivity index (χ2n) is 4.00. The molecule has 2 N–H and O–H groups in total. The topological polar surface area (TPSA) is 126 Å². The summed E-state index contributed by atoms with van der Waals surface area (Å²) in [5.74, 6) is 0.313. The molecular formula is C12H13N5O4. The minimum absolute atomic E-state index is 0.00696. The van der Waals surface area contributed by atoms with Crippen molar-refractivity contribution < 1.29 is 14.4 Å². The molecule has 1 aromatic heterocycles. The van der Waals surface area contributed by atoms with Gasteiger partial charge in [0.15, 0.2) is 0 Å². The molecule has 0 unspecified atom stereocenters. The molecule has 0 aliphatic rings. The average Bonchev–Trinajstić information content (AvgIpc) is 2.37. The number of aryl methyl sites for hydroxylation is 1. The van der Waals surface area contributed by atoms with Crippen LogP contribution in [-0.4, -0.2) is 26.5 Å². The van der Waals surface area contributed by atoms with Crippen molar-refractivity contribution in [2.75, 3.05) is 12.3 Å². The van der Waals surface area contributed by atoms with Crippen LogP contribution in [0.2, 0.25) is 0 Å². The molecule has 1 aromatic carbocycles. The summed E-state index contributed by atoms with van der Waals surface area (Å²) in [5.41, 5.74) is 6.00. The standard InChI is InChI=1S/C12H13N5O4/c1-3-20-11-14-10(13)15-12(16-11)21-8-4-5-9(17(18)19)7(2)6-8/h4-6H,3H2,1-2H3,(H2,13,14,15,16). The molecule has 21 heavy (non-hydrogen) atoms. The Kier molecular flexibility index (Phi) is 4.12. The molecule has 9 nitrogen and oxygen atoms in total. The zero-order valence-electron chi connectivity index (χ0n) is 11.4. The molecule has 0 saturated heterocycles. The number of ether oxygens (including phenoxy) is 2. The Hall–Kier alpha value is -2.97. The highest BCUT2D eigenvalue weighted by Gasteiger charge is 2.13. The number of hydrogen-bond donors (Lipinski definition) is 1. The predicted octanol–water partition coefficient (Wildman–Crippen LogP) is 1.86. The summed E-state index contributed by atoms with van der Waals surface area (Å²) in [7, 11) is 0. The van der Waals surface area contributed by atoms with Crippen LogP contribution in [0.1, 0.15) is 12.5 Å². The number of nitrogens with two attached hydrogens (primary N) is 1. The Bertz CT molecular complexity index is 677.